The van der Waals surface area contributed by atoms with Gasteiger partial charge in [-0.1, -0.05) is 26.0 Å². The van der Waals surface area contributed by atoms with Gasteiger partial charge in [-0.05, 0) is 56.7 Å². The van der Waals surface area contributed by atoms with E-state index in [1.165, 1.54) is 24.1 Å². The third-order valence-corrected chi connectivity index (χ3v) is 4.59. The van der Waals surface area contributed by atoms with Gasteiger partial charge in [0.25, 0.3) is 0 Å². The van der Waals surface area contributed by atoms with Crippen molar-refractivity contribution in [2.45, 2.75) is 65.6 Å². The van der Waals surface area contributed by atoms with Crippen LogP contribution in [-0.4, -0.2) is 38.4 Å². The number of benzene rings is 1. The van der Waals surface area contributed by atoms with Crippen LogP contribution in [0.1, 0.15) is 57.6 Å². The Bertz CT molecular complexity index is 477. The van der Waals surface area contributed by atoms with Crippen molar-refractivity contribution < 1.29 is 14.4 Å². The van der Waals surface area contributed by atoms with Gasteiger partial charge in [0.1, 0.15) is 31.0 Å². The molecule has 0 unspecified atom stereocenters. The van der Waals surface area contributed by atoms with Gasteiger partial charge in [0.15, 0.2) is 0 Å². The van der Waals surface area contributed by atoms with E-state index in [4.69, 9.17) is 9.47 Å². The van der Waals surface area contributed by atoms with Gasteiger partial charge in [-0.2, -0.15) is 0 Å². The first-order valence-corrected chi connectivity index (χ1v) is 9.18. The summed E-state index contributed by atoms with van der Waals surface area (Å²) >= 11 is 0. The minimum atomic E-state index is 0.394. The summed E-state index contributed by atoms with van der Waals surface area (Å²) in [5.41, 5.74) is 2.59. The molecule has 0 aliphatic carbocycles. The van der Waals surface area contributed by atoms with E-state index in [-0.39, 0.29) is 0 Å². The molecule has 0 amide bonds. The molecule has 1 heterocycles. The fraction of sp³-hybridized carbons (Fsp3) is 0.700. The minimum Gasteiger partial charge on any atom is -0.493 e. The Morgan fingerprint density at radius 3 is 2.52 bits per heavy atom. The highest BCUT2D eigenvalue weighted by Gasteiger charge is 2.24. The second kappa shape index (κ2) is 8.70. The number of hydrogen-bond donors (Lipinski definition) is 1. The van der Waals surface area contributed by atoms with Crippen molar-refractivity contribution in [3.05, 3.63) is 29.3 Å². The quantitative estimate of drug-likeness (QED) is 0.781. The first kappa shape index (κ1) is 18.3. The average Bonchev–Trinajstić information content (AvgIpc) is 2.45. The molecule has 1 aliphatic rings. The summed E-state index contributed by atoms with van der Waals surface area (Å²) in [4.78, 5) is 1.68. The Morgan fingerprint density at radius 2 is 1.87 bits per heavy atom. The molecule has 1 N–H and O–H groups in total. The first-order valence-electron chi connectivity index (χ1n) is 9.18. The van der Waals surface area contributed by atoms with E-state index in [1.807, 2.05) is 0 Å². The third kappa shape index (κ3) is 5.82. The minimum absolute atomic E-state index is 0.394. The van der Waals surface area contributed by atoms with Crippen LogP contribution in [0, 0.1) is 6.92 Å². The Morgan fingerprint density at radius 1 is 1.17 bits per heavy atom. The highest BCUT2D eigenvalue weighted by Crippen LogP contribution is 2.27. The molecule has 1 saturated heterocycles. The van der Waals surface area contributed by atoms with Crippen LogP contribution in [0.25, 0.3) is 0 Å². The van der Waals surface area contributed by atoms with Crippen molar-refractivity contribution in [2.75, 3.05) is 26.2 Å². The second-order valence-electron chi connectivity index (χ2n) is 7.42. The molecule has 1 aromatic carbocycles. The van der Waals surface area contributed by atoms with Crippen LogP contribution in [0.3, 0.4) is 0 Å². The number of morpholine rings is 1. The molecule has 0 saturated carbocycles. The second-order valence-corrected chi connectivity index (χ2v) is 7.42. The van der Waals surface area contributed by atoms with Gasteiger partial charge in [0.05, 0.1) is 13.2 Å². The molecule has 0 aromatic heterocycles. The van der Waals surface area contributed by atoms with Crippen LogP contribution in [0.2, 0.25) is 0 Å². The zero-order valence-corrected chi connectivity index (χ0v) is 15.5. The standard InChI is InChI=1S/C20H33NO2/c1-15(2)19-9-8-16(3)12-20(19)22-11-7-6-10-21-13-17(4)23-18(5)14-21/h8-9,12,15,17-18H,6-7,10-11,13-14H2,1-5H3/p+1/t17-,18-/m0/s1. The normalized spacial score (nSPS) is 24.9. The summed E-state index contributed by atoms with van der Waals surface area (Å²) in [6, 6.07) is 6.55. The zero-order valence-electron chi connectivity index (χ0n) is 15.5. The Kier molecular flexibility index (Phi) is 6.91. The lowest BCUT2D eigenvalue weighted by Gasteiger charge is -2.32. The number of hydrogen-bond acceptors (Lipinski definition) is 2. The molecule has 2 atom stereocenters. The molecular formula is C20H34NO2+. The maximum atomic E-state index is 6.08. The van der Waals surface area contributed by atoms with Gasteiger partial charge in [-0.3, -0.25) is 0 Å². The maximum absolute atomic E-state index is 6.08. The molecule has 1 aromatic rings. The van der Waals surface area contributed by atoms with E-state index in [2.05, 4.69) is 52.8 Å². The van der Waals surface area contributed by atoms with E-state index in [9.17, 15) is 0 Å². The summed E-state index contributed by atoms with van der Waals surface area (Å²) in [6.07, 6.45) is 3.13. The van der Waals surface area contributed by atoms with Crippen LogP contribution in [0.15, 0.2) is 18.2 Å². The molecule has 0 bridgehead atoms. The van der Waals surface area contributed by atoms with Crippen LogP contribution < -0.4 is 9.64 Å². The molecule has 3 nitrogen and oxygen atoms in total. The number of rotatable bonds is 7. The predicted molar refractivity (Wildman–Crippen MR) is 95.6 cm³/mol. The summed E-state index contributed by atoms with van der Waals surface area (Å²) in [6.45, 7) is 15.3. The molecule has 23 heavy (non-hydrogen) atoms. The maximum Gasteiger partial charge on any atom is 0.122 e. The van der Waals surface area contributed by atoms with Crippen molar-refractivity contribution in [3.8, 4) is 5.75 Å². The third-order valence-electron chi connectivity index (χ3n) is 4.59. The number of ether oxygens (including phenoxy) is 2. The van der Waals surface area contributed by atoms with Crippen LogP contribution in [-0.2, 0) is 4.74 Å². The van der Waals surface area contributed by atoms with E-state index >= 15 is 0 Å². The van der Waals surface area contributed by atoms with E-state index in [0.717, 1.165) is 31.9 Å². The molecule has 1 fully saturated rings. The van der Waals surface area contributed by atoms with E-state index < -0.39 is 0 Å². The van der Waals surface area contributed by atoms with Crippen molar-refractivity contribution in [2.24, 2.45) is 0 Å². The molecular weight excluding hydrogens is 286 g/mol. The summed E-state index contributed by atoms with van der Waals surface area (Å²) in [5, 5.41) is 0. The van der Waals surface area contributed by atoms with Crippen LogP contribution in [0.4, 0.5) is 0 Å². The van der Waals surface area contributed by atoms with E-state index in [1.54, 1.807) is 4.90 Å². The molecule has 1 aliphatic heterocycles. The number of unbranched alkanes of at least 4 members (excludes halogenated alkanes) is 1. The average molecular weight is 320 g/mol. The van der Waals surface area contributed by atoms with Crippen LogP contribution >= 0.6 is 0 Å². The topological polar surface area (TPSA) is 22.9 Å². The number of aryl methyl sites for hydroxylation is 1. The predicted octanol–water partition coefficient (Wildman–Crippen LogP) is 2.97. The van der Waals surface area contributed by atoms with Gasteiger partial charge in [0, 0.05) is 0 Å². The largest absolute Gasteiger partial charge is 0.493 e. The number of nitrogens with one attached hydrogen (secondary N) is 1. The fourth-order valence-electron chi connectivity index (χ4n) is 3.50. The summed E-state index contributed by atoms with van der Waals surface area (Å²) in [7, 11) is 0. The Labute approximate surface area is 142 Å². The first-order chi connectivity index (χ1) is 11.0. The van der Waals surface area contributed by atoms with Crippen molar-refractivity contribution in [3.63, 3.8) is 0 Å². The lowest BCUT2D eigenvalue weighted by Crippen LogP contribution is -3.15. The SMILES string of the molecule is Cc1ccc(C(C)C)c(OCCCC[NH+]2C[C@H](C)O[C@@H](C)C2)c1. The van der Waals surface area contributed by atoms with Crippen molar-refractivity contribution >= 4 is 0 Å². The summed E-state index contributed by atoms with van der Waals surface area (Å²) < 4.78 is 11.9. The Hall–Kier alpha value is -1.06. The fourth-order valence-corrected chi connectivity index (χ4v) is 3.50. The van der Waals surface area contributed by atoms with Gasteiger partial charge in [-0.25, -0.2) is 0 Å². The van der Waals surface area contributed by atoms with E-state index in [0.29, 0.717) is 18.1 Å². The molecule has 3 heteroatoms. The molecule has 2 rings (SSSR count). The van der Waals surface area contributed by atoms with Crippen molar-refractivity contribution in [1.29, 1.82) is 0 Å². The van der Waals surface area contributed by atoms with Gasteiger partial charge >= 0.3 is 0 Å². The lowest BCUT2D eigenvalue weighted by molar-refractivity contribution is -0.915. The lowest BCUT2D eigenvalue weighted by atomic mass is 10.0. The number of quaternary nitrogens is 1. The van der Waals surface area contributed by atoms with Crippen molar-refractivity contribution in [1.82, 2.24) is 0 Å². The highest BCUT2D eigenvalue weighted by atomic mass is 16.5. The molecule has 0 spiro atoms. The Balaban J connectivity index is 1.72. The van der Waals surface area contributed by atoms with Crippen LogP contribution in [0.5, 0.6) is 5.75 Å². The highest BCUT2D eigenvalue weighted by molar-refractivity contribution is 5.39. The van der Waals surface area contributed by atoms with Gasteiger partial charge in [-0.15, -0.1) is 0 Å². The molecule has 0 radical (unpaired) electrons. The van der Waals surface area contributed by atoms with Gasteiger partial charge in [0.2, 0.25) is 0 Å². The summed E-state index contributed by atoms with van der Waals surface area (Å²) in [5.74, 6) is 1.58. The zero-order chi connectivity index (χ0) is 16.8. The van der Waals surface area contributed by atoms with Gasteiger partial charge < -0.3 is 14.4 Å². The smallest absolute Gasteiger partial charge is 0.122 e. The molecule has 130 valence electrons. The monoisotopic (exact) mass is 320 g/mol.